The summed E-state index contributed by atoms with van der Waals surface area (Å²) >= 11 is 5.96. The molecule has 0 saturated carbocycles. The number of rotatable bonds is 7. The summed E-state index contributed by atoms with van der Waals surface area (Å²) in [7, 11) is 1.54. The van der Waals surface area contributed by atoms with E-state index in [2.05, 4.69) is 26.1 Å². The van der Waals surface area contributed by atoms with Crippen LogP contribution in [0.5, 0.6) is 0 Å². The molecule has 1 heterocycles. The molecule has 0 aliphatic carbocycles. The van der Waals surface area contributed by atoms with Crippen molar-refractivity contribution in [2.45, 2.75) is 6.61 Å². The molecule has 1 aromatic heterocycles. The third-order valence-electron chi connectivity index (χ3n) is 3.54. The molecule has 3 N–H and O–H groups in total. The Labute approximate surface area is 161 Å². The minimum atomic E-state index is -0.322. The molecule has 27 heavy (non-hydrogen) atoms. The van der Waals surface area contributed by atoms with Gasteiger partial charge in [-0.25, -0.2) is 9.97 Å². The Morgan fingerprint density at radius 3 is 2.59 bits per heavy atom. The van der Waals surface area contributed by atoms with Crippen molar-refractivity contribution in [3.8, 4) is 0 Å². The van der Waals surface area contributed by atoms with Crippen LogP contribution >= 0.6 is 11.6 Å². The maximum absolute atomic E-state index is 12.6. The largest absolute Gasteiger partial charge is 0.377 e. The number of anilines is 3. The van der Waals surface area contributed by atoms with Crippen LogP contribution in [-0.2, 0) is 11.3 Å². The molecule has 2 aromatic carbocycles. The number of ether oxygens (including phenoxy) is 1. The second kappa shape index (κ2) is 8.98. The second-order valence-corrected chi connectivity index (χ2v) is 5.93. The molecule has 3 aromatic rings. The van der Waals surface area contributed by atoms with Crippen molar-refractivity contribution in [2.75, 3.05) is 17.9 Å². The average Bonchev–Trinajstić information content (AvgIpc) is 2.67. The van der Waals surface area contributed by atoms with Gasteiger partial charge in [-0.1, -0.05) is 41.9 Å². The van der Waals surface area contributed by atoms with E-state index >= 15 is 0 Å². The highest BCUT2D eigenvalue weighted by Gasteiger charge is 2.12. The second-order valence-electron chi connectivity index (χ2n) is 5.54. The zero-order chi connectivity index (χ0) is 19.1. The van der Waals surface area contributed by atoms with Crippen LogP contribution in [-0.4, -0.2) is 23.0 Å². The van der Waals surface area contributed by atoms with E-state index in [4.69, 9.17) is 16.3 Å². The maximum atomic E-state index is 12.6. The molecule has 3 rings (SSSR count). The quantitative estimate of drug-likeness (QED) is 0.425. The van der Waals surface area contributed by atoms with E-state index in [0.717, 1.165) is 5.69 Å². The number of carbonyl (C=O) groups is 1. The Balaban J connectivity index is 1.72. The molecule has 0 spiro atoms. The smallest absolute Gasteiger partial charge is 0.271 e. The third kappa shape index (κ3) is 5.16. The maximum Gasteiger partial charge on any atom is 0.271 e. The Hall–Kier alpha value is -3.16. The number of hydrogen-bond acceptors (Lipinski definition) is 6. The van der Waals surface area contributed by atoms with E-state index in [1.54, 1.807) is 12.1 Å². The molecule has 0 aliphatic heterocycles. The molecule has 0 bridgehead atoms. The number of benzene rings is 2. The van der Waals surface area contributed by atoms with E-state index in [9.17, 15) is 4.79 Å². The van der Waals surface area contributed by atoms with Gasteiger partial charge >= 0.3 is 0 Å². The minimum absolute atomic E-state index is 0.215. The zero-order valence-corrected chi connectivity index (χ0v) is 15.3. The molecule has 0 radical (unpaired) electrons. The van der Waals surface area contributed by atoms with Crippen LogP contribution in [0, 0.1) is 0 Å². The molecule has 138 valence electrons. The van der Waals surface area contributed by atoms with E-state index in [1.165, 1.54) is 13.2 Å². The van der Waals surface area contributed by atoms with Crippen LogP contribution in [0.4, 0.5) is 17.2 Å². The summed E-state index contributed by atoms with van der Waals surface area (Å²) in [5.74, 6) is 0.453. The normalized spacial score (nSPS) is 10.3. The van der Waals surface area contributed by atoms with Gasteiger partial charge in [0.05, 0.1) is 11.3 Å². The Morgan fingerprint density at radius 1 is 1.07 bits per heavy atom. The van der Waals surface area contributed by atoms with Gasteiger partial charge in [-0.2, -0.15) is 0 Å². The van der Waals surface area contributed by atoms with Gasteiger partial charge in [-0.15, -0.1) is 0 Å². The number of hydrazine groups is 1. The molecule has 1 amide bonds. The fourth-order valence-electron chi connectivity index (χ4n) is 2.38. The molecule has 0 atom stereocenters. The summed E-state index contributed by atoms with van der Waals surface area (Å²) in [4.78, 5) is 20.9. The number of methoxy groups -OCH3 is 1. The Bertz CT molecular complexity index is 921. The van der Waals surface area contributed by atoms with Gasteiger partial charge in [0.25, 0.3) is 5.91 Å². The van der Waals surface area contributed by atoms with Crippen molar-refractivity contribution >= 4 is 34.7 Å². The SMILES string of the molecule is COCc1nc(Cl)cc(NNC(=O)c2ccccc2Nc2ccccc2)n1. The lowest BCUT2D eigenvalue weighted by atomic mass is 10.1. The van der Waals surface area contributed by atoms with Crippen LogP contribution in [0.3, 0.4) is 0 Å². The minimum Gasteiger partial charge on any atom is -0.377 e. The number of nitrogens with zero attached hydrogens (tertiary/aromatic N) is 2. The summed E-state index contributed by atoms with van der Waals surface area (Å²) in [6.45, 7) is 0.215. The molecule has 7 nitrogen and oxygen atoms in total. The predicted molar refractivity (Wildman–Crippen MR) is 105 cm³/mol. The highest BCUT2D eigenvalue weighted by Crippen LogP contribution is 2.20. The average molecular weight is 384 g/mol. The first-order valence-electron chi connectivity index (χ1n) is 8.15. The van der Waals surface area contributed by atoms with E-state index < -0.39 is 0 Å². The zero-order valence-electron chi connectivity index (χ0n) is 14.6. The van der Waals surface area contributed by atoms with Crippen molar-refractivity contribution in [3.63, 3.8) is 0 Å². The van der Waals surface area contributed by atoms with Crippen LogP contribution in [0.1, 0.15) is 16.2 Å². The fourth-order valence-corrected chi connectivity index (χ4v) is 2.58. The van der Waals surface area contributed by atoms with Crippen molar-refractivity contribution in [1.29, 1.82) is 0 Å². The van der Waals surface area contributed by atoms with Gasteiger partial charge in [-0.05, 0) is 24.3 Å². The Kier molecular flexibility index (Phi) is 6.19. The molecule has 0 saturated heterocycles. The summed E-state index contributed by atoms with van der Waals surface area (Å²) in [6, 6.07) is 18.3. The highest BCUT2D eigenvalue weighted by molar-refractivity contribution is 6.29. The first-order valence-corrected chi connectivity index (χ1v) is 8.53. The first kappa shape index (κ1) is 18.6. The van der Waals surface area contributed by atoms with Crippen molar-refractivity contribution in [3.05, 3.63) is 77.2 Å². The Morgan fingerprint density at radius 2 is 1.81 bits per heavy atom. The van der Waals surface area contributed by atoms with E-state index in [0.29, 0.717) is 22.9 Å². The number of carbonyl (C=O) groups excluding carboxylic acids is 1. The lowest BCUT2D eigenvalue weighted by Gasteiger charge is -2.13. The molecule has 8 heteroatoms. The van der Waals surface area contributed by atoms with E-state index in [1.807, 2.05) is 42.5 Å². The van der Waals surface area contributed by atoms with Crippen molar-refractivity contribution in [1.82, 2.24) is 15.4 Å². The number of halogens is 1. The molecule has 0 aliphatic rings. The number of aromatic nitrogens is 2. The fraction of sp³-hybridized carbons (Fsp3) is 0.105. The standard InChI is InChI=1S/C19H18ClN5O2/c1-27-12-18-22-16(20)11-17(23-18)24-25-19(26)14-9-5-6-10-15(14)21-13-7-3-2-4-8-13/h2-11,21H,12H2,1H3,(H,25,26)(H,22,23,24). The molecular weight excluding hydrogens is 366 g/mol. The number of hydrogen-bond donors (Lipinski definition) is 3. The number of nitrogens with one attached hydrogen (secondary N) is 3. The van der Waals surface area contributed by atoms with Gasteiger partial charge in [0.15, 0.2) is 5.82 Å². The monoisotopic (exact) mass is 383 g/mol. The van der Waals surface area contributed by atoms with E-state index in [-0.39, 0.29) is 17.7 Å². The van der Waals surface area contributed by atoms with Gasteiger partial charge in [0.2, 0.25) is 0 Å². The number of para-hydroxylation sites is 2. The molecule has 0 fully saturated rings. The van der Waals surface area contributed by atoms with Gasteiger partial charge in [0, 0.05) is 18.9 Å². The summed E-state index contributed by atoms with van der Waals surface area (Å²) in [5.41, 5.74) is 7.42. The summed E-state index contributed by atoms with van der Waals surface area (Å²) in [6.07, 6.45) is 0. The van der Waals surface area contributed by atoms with Gasteiger partial charge < -0.3 is 10.1 Å². The lowest BCUT2D eigenvalue weighted by molar-refractivity contribution is 0.0963. The first-order chi connectivity index (χ1) is 13.2. The van der Waals surface area contributed by atoms with Crippen molar-refractivity contribution < 1.29 is 9.53 Å². The highest BCUT2D eigenvalue weighted by atomic mass is 35.5. The lowest BCUT2D eigenvalue weighted by Crippen LogP contribution is -2.30. The van der Waals surface area contributed by atoms with Crippen LogP contribution in [0.25, 0.3) is 0 Å². The van der Waals surface area contributed by atoms with Gasteiger partial charge in [-0.3, -0.25) is 15.6 Å². The molecular formula is C19H18ClN5O2. The number of amides is 1. The van der Waals surface area contributed by atoms with Crippen LogP contribution < -0.4 is 16.2 Å². The van der Waals surface area contributed by atoms with Gasteiger partial charge in [0.1, 0.15) is 17.6 Å². The topological polar surface area (TPSA) is 88.2 Å². The summed E-state index contributed by atoms with van der Waals surface area (Å²) in [5, 5.41) is 3.48. The van der Waals surface area contributed by atoms with Crippen LogP contribution in [0.2, 0.25) is 5.15 Å². The molecule has 0 unspecified atom stereocenters. The predicted octanol–water partition coefficient (Wildman–Crippen LogP) is 3.78. The van der Waals surface area contributed by atoms with Crippen molar-refractivity contribution in [2.24, 2.45) is 0 Å². The third-order valence-corrected chi connectivity index (χ3v) is 3.74. The summed E-state index contributed by atoms with van der Waals surface area (Å²) < 4.78 is 5.00. The van der Waals surface area contributed by atoms with Crippen LogP contribution in [0.15, 0.2) is 60.7 Å².